The van der Waals surface area contributed by atoms with E-state index in [1.165, 1.54) is 12.1 Å². The number of aliphatic hydroxyl groups is 1. The fourth-order valence-corrected chi connectivity index (χ4v) is 5.00. The fraction of sp³-hybridized carbons (Fsp3) is 0.296. The number of nitrogens with zero attached hydrogens (tertiary/aromatic N) is 9. The number of aromatic nitrogens is 7. The van der Waals surface area contributed by atoms with E-state index in [2.05, 4.69) is 47.9 Å². The van der Waals surface area contributed by atoms with Crippen LogP contribution in [0.4, 0.5) is 16.2 Å². The second-order valence-electron chi connectivity index (χ2n) is 9.88. The summed E-state index contributed by atoms with van der Waals surface area (Å²) in [6.45, 7) is 5.97. The summed E-state index contributed by atoms with van der Waals surface area (Å²) >= 11 is 0. The second-order valence-corrected chi connectivity index (χ2v) is 9.88. The van der Waals surface area contributed by atoms with Crippen molar-refractivity contribution in [3.8, 4) is 11.1 Å². The molecule has 0 bridgehead atoms. The van der Waals surface area contributed by atoms with E-state index in [0.717, 1.165) is 35.6 Å². The van der Waals surface area contributed by atoms with Crippen LogP contribution in [0.15, 0.2) is 67.6 Å². The van der Waals surface area contributed by atoms with Gasteiger partial charge in [-0.05, 0) is 37.6 Å². The monoisotopic (exact) mass is 513 g/mol. The zero-order valence-electron chi connectivity index (χ0n) is 21.4. The van der Waals surface area contributed by atoms with Gasteiger partial charge in [-0.2, -0.15) is 10.2 Å². The molecule has 6 rings (SSSR count). The summed E-state index contributed by atoms with van der Waals surface area (Å²) in [5.41, 5.74) is 2.79. The number of halogens is 1. The minimum absolute atomic E-state index is 0.120. The first-order chi connectivity index (χ1) is 18.3. The summed E-state index contributed by atoms with van der Waals surface area (Å²) in [5, 5.41) is 19.8. The number of hydrogen-bond acceptors (Lipinski definition) is 8. The molecule has 0 aliphatic carbocycles. The van der Waals surface area contributed by atoms with Crippen molar-refractivity contribution in [3.05, 3.63) is 84.6 Å². The van der Waals surface area contributed by atoms with Crippen molar-refractivity contribution in [2.75, 3.05) is 29.4 Å². The van der Waals surface area contributed by atoms with E-state index in [0.29, 0.717) is 23.6 Å². The molecule has 10 nitrogen and oxygen atoms in total. The molecular weight excluding hydrogens is 485 g/mol. The zero-order chi connectivity index (χ0) is 26.4. The third kappa shape index (κ3) is 4.24. The average molecular weight is 514 g/mol. The molecule has 1 N–H and O–H groups in total. The normalized spacial score (nSPS) is 17.7. The Labute approximate surface area is 219 Å². The molecule has 0 radical (unpaired) electrons. The van der Waals surface area contributed by atoms with Crippen LogP contribution in [0.5, 0.6) is 0 Å². The van der Waals surface area contributed by atoms with Crippen molar-refractivity contribution in [2.45, 2.75) is 25.5 Å². The average Bonchev–Trinajstić information content (AvgIpc) is 3.55. The Morgan fingerprint density at radius 1 is 0.947 bits per heavy atom. The lowest BCUT2D eigenvalue weighted by Crippen LogP contribution is -2.53. The highest BCUT2D eigenvalue weighted by Gasteiger charge is 2.30. The molecule has 194 valence electrons. The number of rotatable bonds is 5. The van der Waals surface area contributed by atoms with Crippen LogP contribution < -0.4 is 9.80 Å². The first-order valence-corrected chi connectivity index (χ1v) is 12.4. The van der Waals surface area contributed by atoms with Gasteiger partial charge in [0.2, 0.25) is 5.95 Å². The maximum Gasteiger partial charge on any atom is 0.225 e. The Morgan fingerprint density at radius 2 is 1.71 bits per heavy atom. The Balaban J connectivity index is 1.20. The maximum absolute atomic E-state index is 13.3. The van der Waals surface area contributed by atoms with E-state index in [-0.39, 0.29) is 11.9 Å². The highest BCUT2D eigenvalue weighted by atomic mass is 19.1. The van der Waals surface area contributed by atoms with Gasteiger partial charge in [0.05, 0.1) is 6.20 Å². The van der Waals surface area contributed by atoms with Gasteiger partial charge in [-0.25, -0.2) is 23.9 Å². The van der Waals surface area contributed by atoms with Gasteiger partial charge in [-0.1, -0.05) is 12.1 Å². The molecular formula is C27H28FN9O. The van der Waals surface area contributed by atoms with Gasteiger partial charge in [0.1, 0.15) is 23.3 Å². The largest absolute Gasteiger partial charge is 0.381 e. The smallest absolute Gasteiger partial charge is 0.225 e. The molecule has 1 aromatic carbocycles. The van der Waals surface area contributed by atoms with Crippen molar-refractivity contribution < 1.29 is 9.50 Å². The van der Waals surface area contributed by atoms with E-state index in [1.54, 1.807) is 42.5 Å². The standard InChI is InChI=1S/C27H28FN9O/c1-18-14-35(25-24-10-19(16-37(24)33-17-31-25)20-11-32-34(3)15-20)8-9-36(18)26-29-12-22(13-30-26)27(2,38)21-4-6-23(28)7-5-21/h4-7,10-13,15-18,38H,8-9,14H2,1-3H3/t18-,27+/m1/s1. The molecule has 5 aromatic rings. The topological polar surface area (TPSA) is 101 Å². The lowest BCUT2D eigenvalue weighted by Gasteiger charge is -2.40. The van der Waals surface area contributed by atoms with Crippen LogP contribution in [0, 0.1) is 5.82 Å². The maximum atomic E-state index is 13.3. The predicted molar refractivity (Wildman–Crippen MR) is 141 cm³/mol. The highest BCUT2D eigenvalue weighted by molar-refractivity contribution is 5.77. The van der Waals surface area contributed by atoms with Gasteiger partial charge in [-0.3, -0.25) is 4.68 Å². The summed E-state index contributed by atoms with van der Waals surface area (Å²) in [5.74, 6) is 1.14. The number of anilines is 2. The Morgan fingerprint density at radius 3 is 2.39 bits per heavy atom. The van der Waals surface area contributed by atoms with Crippen LogP contribution in [-0.4, -0.2) is 65.1 Å². The van der Waals surface area contributed by atoms with Gasteiger partial charge in [0, 0.05) is 74.2 Å². The molecule has 11 heteroatoms. The number of fused-ring (bicyclic) bond motifs is 1. The number of hydrogen-bond donors (Lipinski definition) is 1. The molecule has 1 aliphatic heterocycles. The van der Waals surface area contributed by atoms with Crippen LogP contribution in [0.2, 0.25) is 0 Å². The van der Waals surface area contributed by atoms with Gasteiger partial charge in [0.15, 0.2) is 5.82 Å². The number of piperazine rings is 1. The van der Waals surface area contributed by atoms with Crippen LogP contribution in [0.1, 0.15) is 25.0 Å². The third-order valence-corrected chi connectivity index (χ3v) is 7.21. The van der Waals surface area contributed by atoms with Gasteiger partial charge >= 0.3 is 0 Å². The van der Waals surface area contributed by atoms with Crippen LogP contribution >= 0.6 is 0 Å². The third-order valence-electron chi connectivity index (χ3n) is 7.21. The van der Waals surface area contributed by atoms with Gasteiger partial charge < -0.3 is 14.9 Å². The predicted octanol–water partition coefficient (Wildman–Crippen LogP) is 3.03. The molecule has 5 heterocycles. The first kappa shape index (κ1) is 24.0. The lowest BCUT2D eigenvalue weighted by molar-refractivity contribution is 0.101. The van der Waals surface area contributed by atoms with Crippen LogP contribution in [0.25, 0.3) is 16.6 Å². The minimum Gasteiger partial charge on any atom is -0.381 e. The zero-order valence-corrected chi connectivity index (χ0v) is 21.4. The first-order valence-electron chi connectivity index (χ1n) is 12.4. The summed E-state index contributed by atoms with van der Waals surface area (Å²) in [7, 11) is 1.90. The van der Waals surface area contributed by atoms with E-state index >= 15 is 0 Å². The van der Waals surface area contributed by atoms with Crippen LogP contribution in [-0.2, 0) is 12.6 Å². The number of aryl methyl sites for hydroxylation is 1. The van der Waals surface area contributed by atoms with Crippen molar-refractivity contribution in [3.63, 3.8) is 0 Å². The molecule has 0 unspecified atom stereocenters. The van der Waals surface area contributed by atoms with E-state index < -0.39 is 5.60 Å². The molecule has 0 spiro atoms. The molecule has 1 aliphatic rings. The summed E-state index contributed by atoms with van der Waals surface area (Å²) in [4.78, 5) is 18.2. The lowest BCUT2D eigenvalue weighted by atomic mass is 9.90. The Bertz CT molecular complexity index is 1580. The van der Waals surface area contributed by atoms with Gasteiger partial charge in [-0.15, -0.1) is 0 Å². The second kappa shape index (κ2) is 9.18. The van der Waals surface area contributed by atoms with Gasteiger partial charge in [0.25, 0.3) is 0 Å². The molecule has 4 aromatic heterocycles. The van der Waals surface area contributed by atoms with Crippen LogP contribution in [0.3, 0.4) is 0 Å². The molecule has 2 atom stereocenters. The van der Waals surface area contributed by atoms with Crippen molar-refractivity contribution in [1.29, 1.82) is 0 Å². The highest BCUT2D eigenvalue weighted by Crippen LogP contribution is 2.31. The number of benzene rings is 1. The Hall–Kier alpha value is -4.38. The fourth-order valence-electron chi connectivity index (χ4n) is 5.00. The van der Waals surface area contributed by atoms with Crippen molar-refractivity contribution in [2.24, 2.45) is 7.05 Å². The molecule has 1 fully saturated rings. The summed E-state index contributed by atoms with van der Waals surface area (Å²) in [6.07, 6.45) is 10.7. The molecule has 38 heavy (non-hydrogen) atoms. The van der Waals surface area contributed by atoms with E-state index in [9.17, 15) is 9.50 Å². The van der Waals surface area contributed by atoms with E-state index in [1.807, 2.05) is 30.2 Å². The van der Waals surface area contributed by atoms with Crippen molar-refractivity contribution >= 4 is 17.3 Å². The summed E-state index contributed by atoms with van der Waals surface area (Å²) < 4.78 is 17.0. The Kier molecular flexibility index (Phi) is 5.79. The molecule has 0 amide bonds. The summed E-state index contributed by atoms with van der Waals surface area (Å²) in [6, 6.07) is 8.02. The SMILES string of the molecule is C[C@@H]1CN(c2ncnn3cc(-c4cnn(C)c4)cc23)CCN1c1ncc([C@@](C)(O)c2ccc(F)cc2)cn1. The van der Waals surface area contributed by atoms with Crippen molar-refractivity contribution in [1.82, 2.24) is 34.3 Å². The molecule has 1 saturated heterocycles. The van der Waals surface area contributed by atoms with E-state index in [4.69, 9.17) is 0 Å². The minimum atomic E-state index is -1.33. The molecule has 0 saturated carbocycles. The quantitative estimate of drug-likeness (QED) is 0.383.